The lowest BCUT2D eigenvalue weighted by molar-refractivity contribution is 0.0920. The highest BCUT2D eigenvalue weighted by Gasteiger charge is 2.32. The third-order valence-electron chi connectivity index (χ3n) is 4.67. The van der Waals surface area contributed by atoms with Gasteiger partial charge in [0.2, 0.25) is 0 Å². The number of cyclic esters (lactones) is 1. The predicted molar refractivity (Wildman–Crippen MR) is 114 cm³/mol. The monoisotopic (exact) mass is 433 g/mol. The number of likely N-dealkylation sites (N-methyl/N-ethyl adjacent to an activating group) is 1. The van der Waals surface area contributed by atoms with Gasteiger partial charge in [-0.25, -0.2) is 4.79 Å². The van der Waals surface area contributed by atoms with E-state index < -0.39 is 12.2 Å². The predicted octanol–water partition coefficient (Wildman–Crippen LogP) is 2.85. The summed E-state index contributed by atoms with van der Waals surface area (Å²) in [6, 6.07) is 11.0. The molecule has 29 heavy (non-hydrogen) atoms. The van der Waals surface area contributed by atoms with E-state index in [1.54, 1.807) is 23.4 Å². The molecule has 0 aliphatic carbocycles. The van der Waals surface area contributed by atoms with Gasteiger partial charge in [-0.05, 0) is 36.4 Å². The average Bonchev–Trinajstić information content (AvgIpc) is 3.32. The summed E-state index contributed by atoms with van der Waals surface area (Å²) < 4.78 is 5.94. The first-order valence-corrected chi connectivity index (χ1v) is 10.3. The van der Waals surface area contributed by atoms with E-state index in [0.717, 1.165) is 24.5 Å². The Bertz CT molecular complexity index is 932. The lowest BCUT2D eigenvalue weighted by Gasteiger charge is -2.27. The molecule has 3 heterocycles. The van der Waals surface area contributed by atoms with Crippen molar-refractivity contribution in [2.24, 2.45) is 5.10 Å². The molecule has 8 nitrogen and oxygen atoms in total. The molecule has 2 amide bonds. The van der Waals surface area contributed by atoms with Crippen molar-refractivity contribution in [1.82, 2.24) is 10.2 Å². The minimum absolute atomic E-state index is 0.228. The van der Waals surface area contributed by atoms with Crippen LogP contribution < -0.4 is 15.2 Å². The zero-order valence-electron chi connectivity index (χ0n) is 15.7. The van der Waals surface area contributed by atoms with Gasteiger partial charge in [-0.1, -0.05) is 11.6 Å². The van der Waals surface area contributed by atoms with E-state index >= 15 is 0 Å². The minimum atomic E-state index is -0.422. The van der Waals surface area contributed by atoms with Crippen molar-refractivity contribution in [2.75, 3.05) is 43.1 Å². The van der Waals surface area contributed by atoms with Gasteiger partial charge in [0.1, 0.15) is 12.4 Å². The topological polar surface area (TPSA) is 77.5 Å². The number of rotatable bonds is 5. The number of hydrazone groups is 1. The fourth-order valence-corrected chi connectivity index (χ4v) is 4.05. The van der Waals surface area contributed by atoms with Crippen LogP contribution in [0.25, 0.3) is 0 Å². The summed E-state index contributed by atoms with van der Waals surface area (Å²) in [5.41, 5.74) is 1.71. The van der Waals surface area contributed by atoms with Gasteiger partial charge in [0.25, 0.3) is 5.91 Å². The standard InChI is InChI=1S/C19H20ClN5O3S/c1-23-8-9-25(22-12-23)14-4-2-13(3-5-14)24-11-15(28-19(24)27)10-21-18(26)16-6-7-17(20)29-16/h2-7,12,15H,8-11H2,1H3,(H,21,26)/t15-/m0/s1. The zero-order valence-corrected chi connectivity index (χ0v) is 17.3. The molecule has 1 aromatic heterocycles. The van der Waals surface area contributed by atoms with Gasteiger partial charge in [0.05, 0.1) is 34.5 Å². The number of anilines is 2. The summed E-state index contributed by atoms with van der Waals surface area (Å²) >= 11 is 7.06. The maximum Gasteiger partial charge on any atom is 0.414 e. The number of ether oxygens (including phenoxy) is 1. The van der Waals surface area contributed by atoms with Crippen molar-refractivity contribution in [3.8, 4) is 0 Å². The first-order chi connectivity index (χ1) is 14.0. The number of carbonyl (C=O) groups excluding carboxylic acids is 2. The number of halogens is 1. The Morgan fingerprint density at radius 3 is 2.66 bits per heavy atom. The second-order valence-electron chi connectivity index (χ2n) is 6.78. The van der Waals surface area contributed by atoms with Crippen LogP contribution in [0.3, 0.4) is 0 Å². The first kappa shape index (κ1) is 19.5. The van der Waals surface area contributed by atoms with E-state index in [9.17, 15) is 9.59 Å². The molecule has 2 aliphatic heterocycles. The third-order valence-corrected chi connectivity index (χ3v) is 5.90. The lowest BCUT2D eigenvalue weighted by atomic mass is 10.2. The Labute approximate surface area is 177 Å². The minimum Gasteiger partial charge on any atom is -0.442 e. The quantitative estimate of drug-likeness (QED) is 0.784. The second kappa shape index (κ2) is 8.30. The molecule has 4 rings (SSSR count). The maximum atomic E-state index is 12.3. The normalized spacial score (nSPS) is 18.9. The van der Waals surface area contributed by atoms with Crippen molar-refractivity contribution >= 4 is 52.7 Å². The van der Waals surface area contributed by atoms with Crippen molar-refractivity contribution < 1.29 is 14.3 Å². The molecule has 2 aromatic rings. The maximum absolute atomic E-state index is 12.3. The van der Waals surface area contributed by atoms with Crippen molar-refractivity contribution in [3.05, 3.63) is 45.6 Å². The van der Waals surface area contributed by atoms with Crippen LogP contribution in [0.2, 0.25) is 4.34 Å². The van der Waals surface area contributed by atoms with Crippen LogP contribution in [0.15, 0.2) is 41.5 Å². The van der Waals surface area contributed by atoms with Gasteiger partial charge in [0.15, 0.2) is 0 Å². The lowest BCUT2D eigenvalue weighted by Crippen LogP contribution is -2.35. The third kappa shape index (κ3) is 4.46. The van der Waals surface area contributed by atoms with E-state index in [0.29, 0.717) is 15.8 Å². The molecule has 1 saturated heterocycles. The summed E-state index contributed by atoms with van der Waals surface area (Å²) in [5, 5.41) is 9.09. The SMILES string of the molecule is CN1C=NN(c2ccc(N3C[C@H](CNC(=O)c4ccc(Cl)s4)OC3=O)cc2)CC1. The molecule has 10 heteroatoms. The number of carbonyl (C=O) groups is 2. The largest absolute Gasteiger partial charge is 0.442 e. The molecule has 0 bridgehead atoms. The summed E-state index contributed by atoms with van der Waals surface area (Å²) in [7, 11) is 1.98. The molecule has 0 unspecified atom stereocenters. The van der Waals surface area contributed by atoms with Crippen LogP contribution in [0.4, 0.5) is 16.2 Å². The molecule has 1 N–H and O–H groups in total. The van der Waals surface area contributed by atoms with Gasteiger partial charge in [-0.15, -0.1) is 11.3 Å². The Morgan fingerprint density at radius 1 is 1.24 bits per heavy atom. The summed E-state index contributed by atoms with van der Waals surface area (Å²) in [6.45, 7) is 2.31. The van der Waals surface area contributed by atoms with E-state index in [-0.39, 0.29) is 12.5 Å². The molecule has 0 saturated carbocycles. The first-order valence-electron chi connectivity index (χ1n) is 9.13. The molecule has 2 aliphatic rings. The Balaban J connectivity index is 1.34. The number of benzene rings is 1. The van der Waals surface area contributed by atoms with Crippen molar-refractivity contribution in [3.63, 3.8) is 0 Å². The van der Waals surface area contributed by atoms with Crippen LogP contribution in [0, 0.1) is 0 Å². The van der Waals surface area contributed by atoms with Crippen molar-refractivity contribution in [2.45, 2.75) is 6.10 Å². The van der Waals surface area contributed by atoms with Crippen LogP contribution in [-0.4, -0.2) is 62.6 Å². The van der Waals surface area contributed by atoms with Gasteiger partial charge >= 0.3 is 6.09 Å². The highest BCUT2D eigenvalue weighted by Crippen LogP contribution is 2.26. The zero-order chi connectivity index (χ0) is 20.4. The molecule has 0 radical (unpaired) electrons. The second-order valence-corrected chi connectivity index (χ2v) is 8.50. The van der Waals surface area contributed by atoms with Gasteiger partial charge in [-0.2, -0.15) is 5.10 Å². The number of amides is 2. The van der Waals surface area contributed by atoms with Gasteiger partial charge < -0.3 is 15.0 Å². The Hall–Kier alpha value is -2.78. The molecular formula is C19H20ClN5O3S. The number of thiophene rings is 1. The number of nitrogens with one attached hydrogen (secondary N) is 1. The highest BCUT2D eigenvalue weighted by atomic mass is 35.5. The highest BCUT2D eigenvalue weighted by molar-refractivity contribution is 7.18. The fourth-order valence-electron chi connectivity index (χ4n) is 3.09. The molecule has 1 aromatic carbocycles. The van der Waals surface area contributed by atoms with Crippen LogP contribution in [0.5, 0.6) is 0 Å². The van der Waals surface area contributed by atoms with E-state index in [1.165, 1.54) is 11.3 Å². The Kier molecular flexibility index (Phi) is 5.59. The van der Waals surface area contributed by atoms with Crippen LogP contribution >= 0.6 is 22.9 Å². The Morgan fingerprint density at radius 2 is 2.00 bits per heavy atom. The van der Waals surface area contributed by atoms with Crippen LogP contribution in [-0.2, 0) is 4.74 Å². The number of hydrogen-bond acceptors (Lipinski definition) is 7. The average molecular weight is 434 g/mol. The molecule has 0 spiro atoms. The van der Waals surface area contributed by atoms with Crippen LogP contribution in [0.1, 0.15) is 9.67 Å². The van der Waals surface area contributed by atoms with E-state index in [2.05, 4.69) is 10.4 Å². The van der Waals surface area contributed by atoms with Crippen molar-refractivity contribution in [1.29, 1.82) is 0 Å². The number of hydrogen-bond donors (Lipinski definition) is 1. The van der Waals surface area contributed by atoms with E-state index in [1.807, 2.05) is 41.2 Å². The van der Waals surface area contributed by atoms with E-state index in [4.69, 9.17) is 16.3 Å². The molecular weight excluding hydrogens is 414 g/mol. The summed E-state index contributed by atoms with van der Waals surface area (Å²) in [5.74, 6) is -0.228. The smallest absolute Gasteiger partial charge is 0.414 e. The van der Waals surface area contributed by atoms with Gasteiger partial charge in [-0.3, -0.25) is 14.7 Å². The summed E-state index contributed by atoms with van der Waals surface area (Å²) in [4.78, 5) is 28.5. The molecule has 1 atom stereocenters. The summed E-state index contributed by atoms with van der Waals surface area (Å²) in [6.07, 6.45) is 0.954. The molecule has 1 fully saturated rings. The molecule has 152 valence electrons. The number of nitrogens with zero attached hydrogens (tertiary/aromatic N) is 4. The van der Waals surface area contributed by atoms with Gasteiger partial charge in [0, 0.05) is 19.3 Å². The fraction of sp³-hybridized carbons (Fsp3) is 0.316.